The van der Waals surface area contributed by atoms with Gasteiger partial charge in [-0.1, -0.05) is 48.5 Å². The summed E-state index contributed by atoms with van der Waals surface area (Å²) in [7, 11) is 0. The number of para-hydroxylation sites is 2. The number of anilines is 3. The lowest BCUT2D eigenvalue weighted by molar-refractivity contribution is 0.199. The normalized spacial score (nSPS) is 13.9. The Labute approximate surface area is 159 Å². The summed E-state index contributed by atoms with van der Waals surface area (Å²) in [5.41, 5.74) is 5.56. The first kappa shape index (κ1) is 17.3. The molecule has 2 N–H and O–H groups in total. The number of hydrogen-bond donors (Lipinski definition) is 2. The highest BCUT2D eigenvalue weighted by Gasteiger charge is 2.25. The zero-order valence-corrected chi connectivity index (χ0v) is 15.2. The number of amides is 2. The number of nitrogens with zero attached hydrogens (tertiary/aromatic N) is 1. The molecule has 1 unspecified atom stereocenters. The molecule has 27 heavy (non-hydrogen) atoms. The monoisotopic (exact) mass is 358 g/mol. The van der Waals surface area contributed by atoms with Crippen LogP contribution in [0.4, 0.5) is 21.9 Å². The smallest absolute Gasteiger partial charge is 0.330 e. The van der Waals surface area contributed by atoms with E-state index in [2.05, 4.69) is 17.4 Å². The Morgan fingerprint density at radius 2 is 1.52 bits per heavy atom. The van der Waals surface area contributed by atoms with Gasteiger partial charge in [0.1, 0.15) is 0 Å². The lowest BCUT2D eigenvalue weighted by Gasteiger charge is -2.25. The molecule has 3 aromatic carbocycles. The van der Waals surface area contributed by atoms with Crippen LogP contribution in [0, 0.1) is 0 Å². The van der Waals surface area contributed by atoms with Crippen molar-refractivity contribution in [3.8, 4) is 0 Å². The van der Waals surface area contributed by atoms with Gasteiger partial charge in [0.15, 0.2) is 0 Å². The lowest BCUT2D eigenvalue weighted by Crippen LogP contribution is -2.31. The molecule has 0 fully saturated rings. The number of carbonyl (C=O) groups excluding carboxylic acids is 1. The van der Waals surface area contributed by atoms with Crippen molar-refractivity contribution in [2.75, 3.05) is 10.2 Å². The molecule has 4 nitrogen and oxygen atoms in total. The Bertz CT molecular complexity index is 934. The van der Waals surface area contributed by atoms with Crippen molar-refractivity contribution >= 4 is 23.1 Å². The van der Waals surface area contributed by atoms with Crippen LogP contribution in [-0.4, -0.2) is 11.1 Å². The third-order valence-corrected chi connectivity index (χ3v) is 4.95. The zero-order valence-electron chi connectivity index (χ0n) is 15.2. The van der Waals surface area contributed by atoms with Crippen molar-refractivity contribution in [1.29, 1.82) is 0 Å². The number of hydrogen-bond acceptors (Lipinski definition) is 2. The molecule has 2 amide bonds. The maximum atomic E-state index is 13.3. The molecule has 0 bridgehead atoms. The summed E-state index contributed by atoms with van der Waals surface area (Å²) in [6.45, 7) is 1.71. The van der Waals surface area contributed by atoms with Crippen LogP contribution in [0.3, 0.4) is 0 Å². The van der Waals surface area contributed by atoms with Crippen LogP contribution >= 0.6 is 0 Å². The summed E-state index contributed by atoms with van der Waals surface area (Å²) < 4.78 is 0. The second-order valence-corrected chi connectivity index (χ2v) is 6.82. The van der Waals surface area contributed by atoms with Crippen LogP contribution in [0.5, 0.6) is 0 Å². The van der Waals surface area contributed by atoms with Gasteiger partial charge in [0.05, 0.1) is 17.5 Å². The summed E-state index contributed by atoms with van der Waals surface area (Å²) in [5, 5.41) is 12.8. The van der Waals surface area contributed by atoms with Crippen molar-refractivity contribution < 1.29 is 9.90 Å². The van der Waals surface area contributed by atoms with E-state index in [0.29, 0.717) is 5.69 Å². The summed E-state index contributed by atoms with van der Waals surface area (Å²) in [4.78, 5) is 15.0. The van der Waals surface area contributed by atoms with Crippen molar-refractivity contribution in [2.24, 2.45) is 0 Å². The molecule has 0 saturated carbocycles. The molecule has 1 aliphatic rings. The van der Waals surface area contributed by atoms with Crippen LogP contribution in [-0.2, 0) is 12.8 Å². The first-order valence-corrected chi connectivity index (χ1v) is 9.18. The van der Waals surface area contributed by atoms with E-state index < -0.39 is 6.10 Å². The number of aliphatic hydroxyl groups excluding tert-OH is 1. The second-order valence-electron chi connectivity index (χ2n) is 6.82. The van der Waals surface area contributed by atoms with Gasteiger partial charge in [0.25, 0.3) is 0 Å². The Kier molecular flexibility index (Phi) is 4.65. The standard InChI is InChI=1S/C23H22N2O2/c1-16(26)19-9-6-10-20(15-19)24-23(27)25-21-11-4-2-7-17(21)13-14-18-8-3-5-12-22(18)25/h2-12,15-16,26H,13-14H2,1H3,(H,24,27). The number of benzene rings is 3. The van der Waals surface area contributed by atoms with E-state index >= 15 is 0 Å². The molecule has 0 aromatic heterocycles. The van der Waals surface area contributed by atoms with Crippen molar-refractivity contribution in [3.05, 3.63) is 89.5 Å². The van der Waals surface area contributed by atoms with Gasteiger partial charge in [0, 0.05) is 5.69 Å². The van der Waals surface area contributed by atoms with Gasteiger partial charge >= 0.3 is 6.03 Å². The molecule has 0 saturated heterocycles. The molecule has 1 atom stereocenters. The fraction of sp³-hybridized carbons (Fsp3) is 0.174. The average Bonchev–Trinajstić information content (AvgIpc) is 2.85. The highest BCUT2D eigenvalue weighted by molar-refractivity contribution is 6.08. The molecule has 1 aliphatic heterocycles. The Hall–Kier alpha value is -3.11. The van der Waals surface area contributed by atoms with Gasteiger partial charge in [-0.3, -0.25) is 4.90 Å². The molecule has 0 radical (unpaired) electrons. The van der Waals surface area contributed by atoms with E-state index in [1.165, 1.54) is 0 Å². The van der Waals surface area contributed by atoms with E-state index in [4.69, 9.17) is 0 Å². The number of rotatable bonds is 2. The Morgan fingerprint density at radius 3 is 2.11 bits per heavy atom. The Balaban J connectivity index is 1.74. The van der Waals surface area contributed by atoms with Gasteiger partial charge in [-0.15, -0.1) is 0 Å². The number of carbonyl (C=O) groups is 1. The molecule has 3 aromatic rings. The predicted molar refractivity (Wildman–Crippen MR) is 109 cm³/mol. The molecular formula is C23H22N2O2. The maximum absolute atomic E-state index is 13.3. The largest absolute Gasteiger partial charge is 0.389 e. The van der Waals surface area contributed by atoms with Crippen molar-refractivity contribution in [1.82, 2.24) is 0 Å². The molecular weight excluding hydrogens is 336 g/mol. The summed E-state index contributed by atoms with van der Waals surface area (Å²) in [6, 6.07) is 23.2. The summed E-state index contributed by atoms with van der Waals surface area (Å²) >= 11 is 0. The second kappa shape index (κ2) is 7.25. The predicted octanol–water partition coefficient (Wildman–Crippen LogP) is 5.21. The van der Waals surface area contributed by atoms with Crippen molar-refractivity contribution in [3.63, 3.8) is 0 Å². The summed E-state index contributed by atoms with van der Waals surface area (Å²) in [6.07, 6.45) is 1.21. The van der Waals surface area contributed by atoms with Gasteiger partial charge in [0.2, 0.25) is 0 Å². The third-order valence-electron chi connectivity index (χ3n) is 4.95. The van der Waals surface area contributed by atoms with Crippen molar-refractivity contribution in [2.45, 2.75) is 25.9 Å². The molecule has 0 spiro atoms. The maximum Gasteiger partial charge on any atom is 0.330 e. The van der Waals surface area contributed by atoms with Gasteiger partial charge < -0.3 is 10.4 Å². The van der Waals surface area contributed by atoms with Crippen LogP contribution in [0.25, 0.3) is 0 Å². The topological polar surface area (TPSA) is 52.6 Å². The average molecular weight is 358 g/mol. The quantitative estimate of drug-likeness (QED) is 0.661. The van der Waals surface area contributed by atoms with E-state index in [1.54, 1.807) is 17.9 Å². The first-order valence-electron chi connectivity index (χ1n) is 9.18. The molecule has 4 heteroatoms. The fourth-order valence-corrected chi connectivity index (χ4v) is 3.55. The van der Waals surface area contributed by atoms with Gasteiger partial charge in [-0.2, -0.15) is 0 Å². The van der Waals surface area contributed by atoms with E-state index in [9.17, 15) is 9.90 Å². The number of aryl methyl sites for hydroxylation is 2. The SMILES string of the molecule is CC(O)c1cccc(NC(=O)N2c3ccccc3CCc3ccccc32)c1. The highest BCUT2D eigenvalue weighted by atomic mass is 16.3. The minimum absolute atomic E-state index is 0.209. The molecule has 0 aliphatic carbocycles. The van der Waals surface area contributed by atoms with Crippen LogP contribution in [0.1, 0.15) is 29.7 Å². The first-order chi connectivity index (χ1) is 13.1. The number of aliphatic hydroxyl groups is 1. The zero-order chi connectivity index (χ0) is 18.8. The minimum atomic E-state index is -0.582. The van der Waals surface area contributed by atoms with Gasteiger partial charge in [-0.05, 0) is 60.7 Å². The van der Waals surface area contributed by atoms with Crippen LogP contribution in [0.15, 0.2) is 72.8 Å². The number of fused-ring (bicyclic) bond motifs is 2. The number of urea groups is 1. The van der Waals surface area contributed by atoms with Crippen LogP contribution < -0.4 is 10.2 Å². The van der Waals surface area contributed by atoms with Gasteiger partial charge in [-0.25, -0.2) is 4.79 Å². The highest BCUT2D eigenvalue weighted by Crippen LogP contribution is 2.36. The Morgan fingerprint density at radius 1 is 0.926 bits per heavy atom. The minimum Gasteiger partial charge on any atom is -0.389 e. The molecule has 4 rings (SSSR count). The lowest BCUT2D eigenvalue weighted by atomic mass is 10.0. The third kappa shape index (κ3) is 3.44. The fourth-order valence-electron chi connectivity index (χ4n) is 3.55. The van der Waals surface area contributed by atoms with E-state index in [1.807, 2.05) is 54.6 Å². The van der Waals surface area contributed by atoms with Crippen LogP contribution in [0.2, 0.25) is 0 Å². The van der Waals surface area contributed by atoms with E-state index in [-0.39, 0.29) is 6.03 Å². The molecule has 136 valence electrons. The van der Waals surface area contributed by atoms with E-state index in [0.717, 1.165) is 40.9 Å². The number of nitrogens with one attached hydrogen (secondary N) is 1. The summed E-state index contributed by atoms with van der Waals surface area (Å²) in [5.74, 6) is 0. The molecule has 1 heterocycles.